The van der Waals surface area contributed by atoms with Crippen molar-refractivity contribution >= 4 is 0 Å². The van der Waals surface area contributed by atoms with Gasteiger partial charge in [0.15, 0.2) is 0 Å². The Balaban J connectivity index is 2.18. The van der Waals surface area contributed by atoms with Gasteiger partial charge in [0.05, 0.1) is 6.67 Å². The van der Waals surface area contributed by atoms with Crippen molar-refractivity contribution in [2.24, 2.45) is 5.11 Å². The van der Waals surface area contributed by atoms with Gasteiger partial charge >= 0.3 is 0 Å². The zero-order valence-corrected chi connectivity index (χ0v) is 5.32. The lowest BCUT2D eigenvalue weighted by molar-refractivity contribution is 0.350. The van der Waals surface area contributed by atoms with E-state index in [2.05, 4.69) is 14.9 Å². The Morgan fingerprint density at radius 1 is 1.44 bits per heavy atom. The second-order valence-electron chi connectivity index (χ2n) is 2.20. The SMILES string of the molecule is [N-]=[N+]=NCN1CCCC1. The zero-order chi connectivity index (χ0) is 6.53. The average Bonchev–Trinajstić information content (AvgIpc) is 2.34. The van der Waals surface area contributed by atoms with Crippen molar-refractivity contribution in [2.75, 3.05) is 19.8 Å². The second-order valence-corrected chi connectivity index (χ2v) is 2.20. The monoisotopic (exact) mass is 126 g/mol. The molecule has 1 heterocycles. The average molecular weight is 126 g/mol. The van der Waals surface area contributed by atoms with E-state index in [1.165, 1.54) is 12.8 Å². The zero-order valence-electron chi connectivity index (χ0n) is 5.32. The minimum atomic E-state index is 0.552. The van der Waals surface area contributed by atoms with E-state index in [9.17, 15) is 0 Å². The predicted molar refractivity (Wildman–Crippen MR) is 34.8 cm³/mol. The van der Waals surface area contributed by atoms with Gasteiger partial charge in [0.2, 0.25) is 0 Å². The van der Waals surface area contributed by atoms with Crippen molar-refractivity contribution in [2.45, 2.75) is 12.8 Å². The smallest absolute Gasteiger partial charge is 0.0774 e. The molecule has 9 heavy (non-hydrogen) atoms. The number of azide groups is 1. The molecule has 50 valence electrons. The maximum Gasteiger partial charge on any atom is 0.0774 e. The molecule has 1 aliphatic heterocycles. The summed E-state index contributed by atoms with van der Waals surface area (Å²) in [5.74, 6) is 0. The molecule has 0 aromatic carbocycles. The first kappa shape index (κ1) is 6.39. The third-order valence-electron chi connectivity index (χ3n) is 1.53. The Kier molecular flexibility index (Phi) is 2.36. The van der Waals surface area contributed by atoms with Crippen molar-refractivity contribution in [3.63, 3.8) is 0 Å². The van der Waals surface area contributed by atoms with Gasteiger partial charge in [-0.25, -0.2) is 0 Å². The Labute approximate surface area is 54.1 Å². The van der Waals surface area contributed by atoms with Crippen molar-refractivity contribution in [1.29, 1.82) is 0 Å². The van der Waals surface area contributed by atoms with Crippen LogP contribution in [0, 0.1) is 0 Å². The number of rotatable bonds is 2. The maximum absolute atomic E-state index is 7.96. The largest absolute Gasteiger partial charge is 0.298 e. The van der Waals surface area contributed by atoms with E-state index < -0.39 is 0 Å². The van der Waals surface area contributed by atoms with Gasteiger partial charge in [-0.05, 0) is 31.5 Å². The molecule has 0 saturated carbocycles. The summed E-state index contributed by atoms with van der Waals surface area (Å²) in [6.45, 7) is 2.74. The van der Waals surface area contributed by atoms with Crippen LogP contribution < -0.4 is 0 Å². The molecule has 0 N–H and O–H groups in total. The van der Waals surface area contributed by atoms with Crippen LogP contribution >= 0.6 is 0 Å². The van der Waals surface area contributed by atoms with Crippen LogP contribution in [0.4, 0.5) is 0 Å². The minimum absolute atomic E-state index is 0.552. The van der Waals surface area contributed by atoms with Crippen molar-refractivity contribution in [1.82, 2.24) is 4.90 Å². The molecule has 4 nitrogen and oxygen atoms in total. The molecule has 0 amide bonds. The summed E-state index contributed by atoms with van der Waals surface area (Å²) in [7, 11) is 0. The molecular weight excluding hydrogens is 116 g/mol. The quantitative estimate of drug-likeness (QED) is 0.313. The molecule has 1 rings (SSSR count). The summed E-state index contributed by atoms with van der Waals surface area (Å²) in [6.07, 6.45) is 2.50. The van der Waals surface area contributed by atoms with Gasteiger partial charge < -0.3 is 0 Å². The van der Waals surface area contributed by atoms with Crippen molar-refractivity contribution < 1.29 is 0 Å². The normalized spacial score (nSPS) is 19.6. The van der Waals surface area contributed by atoms with Crippen LogP contribution in [0.1, 0.15) is 12.8 Å². The molecule has 0 bridgehead atoms. The fraction of sp³-hybridized carbons (Fsp3) is 1.00. The number of hydrogen-bond donors (Lipinski definition) is 0. The van der Waals surface area contributed by atoms with Gasteiger partial charge in [0.25, 0.3) is 0 Å². The fourth-order valence-corrected chi connectivity index (χ4v) is 1.04. The van der Waals surface area contributed by atoms with Gasteiger partial charge in [-0.2, -0.15) is 0 Å². The maximum atomic E-state index is 7.96. The third-order valence-corrected chi connectivity index (χ3v) is 1.53. The molecule has 1 fully saturated rings. The summed E-state index contributed by atoms with van der Waals surface area (Å²) >= 11 is 0. The Morgan fingerprint density at radius 2 is 2.11 bits per heavy atom. The summed E-state index contributed by atoms with van der Waals surface area (Å²) < 4.78 is 0. The summed E-state index contributed by atoms with van der Waals surface area (Å²) in [4.78, 5) is 4.84. The van der Waals surface area contributed by atoms with Gasteiger partial charge in [0, 0.05) is 4.91 Å². The highest BCUT2D eigenvalue weighted by molar-refractivity contribution is 4.64. The fourth-order valence-electron chi connectivity index (χ4n) is 1.04. The molecule has 0 atom stereocenters. The predicted octanol–water partition coefficient (Wildman–Crippen LogP) is 1.35. The summed E-state index contributed by atoms with van der Waals surface area (Å²) in [6, 6.07) is 0. The van der Waals surface area contributed by atoms with Crippen molar-refractivity contribution in [3.05, 3.63) is 10.4 Å². The topological polar surface area (TPSA) is 52.0 Å². The second kappa shape index (κ2) is 3.33. The summed E-state index contributed by atoms with van der Waals surface area (Å²) in [5.41, 5.74) is 7.96. The number of hydrogen-bond acceptors (Lipinski definition) is 2. The molecule has 0 spiro atoms. The van der Waals surface area contributed by atoms with E-state index in [4.69, 9.17) is 5.53 Å². The van der Waals surface area contributed by atoms with E-state index in [0.29, 0.717) is 6.67 Å². The first-order valence-electron chi connectivity index (χ1n) is 3.16. The van der Waals surface area contributed by atoms with Crippen LogP contribution in [0.2, 0.25) is 0 Å². The third kappa shape index (κ3) is 1.91. The molecule has 0 unspecified atom stereocenters. The molecule has 0 radical (unpaired) electrons. The van der Waals surface area contributed by atoms with Crippen LogP contribution in [0.5, 0.6) is 0 Å². The van der Waals surface area contributed by atoms with Crippen molar-refractivity contribution in [3.8, 4) is 0 Å². The van der Waals surface area contributed by atoms with E-state index in [1.54, 1.807) is 0 Å². The van der Waals surface area contributed by atoms with E-state index in [-0.39, 0.29) is 0 Å². The highest BCUT2D eigenvalue weighted by Gasteiger charge is 2.08. The minimum Gasteiger partial charge on any atom is -0.298 e. The number of likely N-dealkylation sites (tertiary alicyclic amines) is 1. The molecule has 0 aromatic rings. The molecule has 0 aromatic heterocycles. The Morgan fingerprint density at radius 3 is 2.67 bits per heavy atom. The Hall–Kier alpha value is -0.730. The van der Waals surface area contributed by atoms with Crippen LogP contribution in [-0.4, -0.2) is 24.7 Å². The van der Waals surface area contributed by atoms with Gasteiger partial charge in [-0.15, -0.1) is 0 Å². The van der Waals surface area contributed by atoms with Crippen LogP contribution in [0.25, 0.3) is 10.4 Å². The first-order valence-corrected chi connectivity index (χ1v) is 3.16. The lowest BCUT2D eigenvalue weighted by Gasteiger charge is -2.08. The van der Waals surface area contributed by atoms with E-state index >= 15 is 0 Å². The molecule has 1 saturated heterocycles. The summed E-state index contributed by atoms with van der Waals surface area (Å²) in [5, 5.41) is 3.46. The standard InChI is InChI=1S/C5H10N4/c6-8-7-5-9-3-1-2-4-9/h1-5H2. The van der Waals surface area contributed by atoms with Gasteiger partial charge in [-0.3, -0.25) is 4.90 Å². The molecule has 1 aliphatic rings. The molecule has 4 heteroatoms. The first-order chi connectivity index (χ1) is 4.43. The van der Waals surface area contributed by atoms with Crippen LogP contribution in [0.3, 0.4) is 0 Å². The van der Waals surface area contributed by atoms with E-state index in [0.717, 1.165) is 13.1 Å². The lowest BCUT2D eigenvalue weighted by atomic mass is 10.4. The molecule has 0 aliphatic carbocycles. The van der Waals surface area contributed by atoms with Crippen LogP contribution in [0.15, 0.2) is 5.11 Å². The lowest BCUT2D eigenvalue weighted by Crippen LogP contribution is -2.18. The highest BCUT2D eigenvalue weighted by atomic mass is 15.3. The molecular formula is C5H10N4. The van der Waals surface area contributed by atoms with E-state index in [1.807, 2.05) is 0 Å². The van der Waals surface area contributed by atoms with Gasteiger partial charge in [0.1, 0.15) is 0 Å². The van der Waals surface area contributed by atoms with Gasteiger partial charge in [-0.1, -0.05) is 5.11 Å². The highest BCUT2D eigenvalue weighted by Crippen LogP contribution is 2.05. The Bertz CT molecular complexity index is 121. The van der Waals surface area contributed by atoms with Crippen LogP contribution in [-0.2, 0) is 0 Å². The number of nitrogens with zero attached hydrogens (tertiary/aromatic N) is 4.